The summed E-state index contributed by atoms with van der Waals surface area (Å²) in [6, 6.07) is 3.52. The van der Waals surface area contributed by atoms with E-state index in [1.54, 1.807) is 19.2 Å². The molecule has 0 spiro atoms. The lowest BCUT2D eigenvalue weighted by Crippen LogP contribution is -1.85. The molecule has 0 saturated heterocycles. The minimum atomic E-state index is 0.372. The molecule has 10 heavy (non-hydrogen) atoms. The molecule has 1 heterocycles. The lowest BCUT2D eigenvalue weighted by Gasteiger charge is -1.99. The van der Waals surface area contributed by atoms with Crippen molar-refractivity contribution in [2.45, 2.75) is 0 Å². The molecule has 54 valence electrons. The number of hydrogen-bond acceptors (Lipinski definition) is 2. The summed E-state index contributed by atoms with van der Waals surface area (Å²) < 4.78 is 5.59. The molecule has 0 atom stereocenters. The van der Waals surface area contributed by atoms with Crippen LogP contribution in [-0.2, 0) is 0 Å². The van der Waals surface area contributed by atoms with Gasteiger partial charge in [-0.2, -0.15) is 0 Å². The highest BCUT2D eigenvalue weighted by molar-refractivity contribution is 9.10. The number of aromatic nitrogens is 1. The Labute approximate surface area is 72.3 Å². The maximum atomic E-state index is 5.66. The summed E-state index contributed by atoms with van der Waals surface area (Å²) >= 11 is 8.84. The first-order valence-electron chi connectivity index (χ1n) is 2.60. The van der Waals surface area contributed by atoms with Crippen LogP contribution in [0.15, 0.2) is 16.7 Å². The molecule has 0 saturated carbocycles. The first kappa shape index (κ1) is 7.82. The molecule has 2 nitrogen and oxygen atoms in total. The van der Waals surface area contributed by atoms with E-state index in [-0.39, 0.29) is 0 Å². The minimum absolute atomic E-state index is 0.372. The van der Waals surface area contributed by atoms with Gasteiger partial charge in [0.2, 0.25) is 0 Å². The van der Waals surface area contributed by atoms with Crippen LogP contribution < -0.4 is 4.74 Å². The van der Waals surface area contributed by atoms with Crippen LogP contribution in [0.1, 0.15) is 0 Å². The van der Waals surface area contributed by atoms with Crippen molar-refractivity contribution in [1.82, 2.24) is 4.98 Å². The molecule has 0 bridgehead atoms. The van der Waals surface area contributed by atoms with Crippen molar-refractivity contribution in [1.29, 1.82) is 0 Å². The summed E-state index contributed by atoms with van der Waals surface area (Å²) in [7, 11) is 1.55. The van der Waals surface area contributed by atoms with Gasteiger partial charge in [-0.25, -0.2) is 4.98 Å². The Kier molecular flexibility index (Phi) is 2.51. The van der Waals surface area contributed by atoms with Crippen LogP contribution in [0, 0.1) is 0 Å². The molecule has 0 amide bonds. The quantitative estimate of drug-likeness (QED) is 0.681. The first-order valence-corrected chi connectivity index (χ1v) is 3.77. The Bertz CT molecular complexity index is 241. The second-order valence-electron chi connectivity index (χ2n) is 1.63. The van der Waals surface area contributed by atoms with E-state index in [1.165, 1.54) is 0 Å². The maximum absolute atomic E-state index is 5.66. The zero-order chi connectivity index (χ0) is 7.56. The number of ether oxygens (including phenoxy) is 1. The molecule has 1 aromatic heterocycles. The van der Waals surface area contributed by atoms with Crippen molar-refractivity contribution in [2.24, 2.45) is 0 Å². The molecule has 0 radical (unpaired) electrons. The van der Waals surface area contributed by atoms with Gasteiger partial charge in [-0.3, -0.25) is 0 Å². The summed E-state index contributed by atoms with van der Waals surface area (Å²) in [6.07, 6.45) is 0. The van der Waals surface area contributed by atoms with Crippen molar-refractivity contribution in [3.8, 4) is 5.75 Å². The van der Waals surface area contributed by atoms with Gasteiger partial charge < -0.3 is 4.74 Å². The topological polar surface area (TPSA) is 22.1 Å². The smallest absolute Gasteiger partial charge is 0.172 e. The summed E-state index contributed by atoms with van der Waals surface area (Å²) in [5.41, 5.74) is 0. The highest BCUT2D eigenvalue weighted by atomic mass is 79.9. The molecule has 4 heteroatoms. The van der Waals surface area contributed by atoms with Gasteiger partial charge in [0.15, 0.2) is 10.9 Å². The summed E-state index contributed by atoms with van der Waals surface area (Å²) in [6.45, 7) is 0. The Morgan fingerprint density at radius 1 is 1.60 bits per heavy atom. The van der Waals surface area contributed by atoms with Crippen molar-refractivity contribution >= 4 is 27.5 Å². The van der Waals surface area contributed by atoms with Gasteiger partial charge in [0.25, 0.3) is 0 Å². The van der Waals surface area contributed by atoms with Gasteiger partial charge in [0, 0.05) is 0 Å². The SMILES string of the molecule is COc1ccc(Br)nc1Cl. The number of methoxy groups -OCH3 is 1. The van der Waals surface area contributed by atoms with Crippen LogP contribution in [0.3, 0.4) is 0 Å². The molecule has 0 N–H and O–H groups in total. The van der Waals surface area contributed by atoms with Crippen molar-refractivity contribution in [2.75, 3.05) is 7.11 Å². The fourth-order valence-electron chi connectivity index (χ4n) is 0.552. The average Bonchev–Trinajstić information content (AvgIpc) is 1.88. The lowest BCUT2D eigenvalue weighted by molar-refractivity contribution is 0.413. The van der Waals surface area contributed by atoms with Gasteiger partial charge in [-0.05, 0) is 28.1 Å². The average molecular weight is 222 g/mol. The third-order valence-corrected chi connectivity index (χ3v) is 1.71. The fraction of sp³-hybridized carbons (Fsp3) is 0.167. The van der Waals surface area contributed by atoms with Crippen LogP contribution in [0.5, 0.6) is 5.75 Å². The molecule has 0 unspecified atom stereocenters. The summed E-state index contributed by atoms with van der Waals surface area (Å²) in [4.78, 5) is 3.90. The second kappa shape index (κ2) is 3.21. The van der Waals surface area contributed by atoms with E-state index < -0.39 is 0 Å². The molecule has 1 rings (SSSR count). The van der Waals surface area contributed by atoms with Crippen LogP contribution in [0.2, 0.25) is 5.15 Å². The third-order valence-electron chi connectivity index (χ3n) is 1.00. The van der Waals surface area contributed by atoms with Crippen LogP contribution in [0.4, 0.5) is 0 Å². The molecule has 0 aromatic carbocycles. The first-order chi connectivity index (χ1) is 4.74. The molecule has 1 aromatic rings. The standard InChI is InChI=1S/C6H5BrClNO/c1-10-4-2-3-5(7)9-6(4)8/h2-3H,1H3. The Hall–Kier alpha value is -0.280. The van der Waals surface area contributed by atoms with E-state index in [4.69, 9.17) is 16.3 Å². The van der Waals surface area contributed by atoms with Crippen LogP contribution in [-0.4, -0.2) is 12.1 Å². The number of hydrogen-bond donors (Lipinski definition) is 0. The highest BCUT2D eigenvalue weighted by Crippen LogP contribution is 2.23. The molecule has 0 aliphatic carbocycles. The van der Waals surface area contributed by atoms with E-state index in [9.17, 15) is 0 Å². The van der Waals surface area contributed by atoms with Gasteiger partial charge >= 0.3 is 0 Å². The molecule has 0 aliphatic heterocycles. The van der Waals surface area contributed by atoms with Crippen LogP contribution in [0.25, 0.3) is 0 Å². The van der Waals surface area contributed by atoms with E-state index in [0.29, 0.717) is 15.5 Å². The van der Waals surface area contributed by atoms with Gasteiger partial charge in [0.1, 0.15) is 4.60 Å². The highest BCUT2D eigenvalue weighted by Gasteiger charge is 1.99. The van der Waals surface area contributed by atoms with Crippen molar-refractivity contribution < 1.29 is 4.74 Å². The van der Waals surface area contributed by atoms with E-state index in [1.807, 2.05) is 0 Å². The molecule has 0 fully saturated rings. The maximum Gasteiger partial charge on any atom is 0.172 e. The summed E-state index contributed by atoms with van der Waals surface area (Å²) in [5.74, 6) is 0.588. The monoisotopic (exact) mass is 221 g/mol. The number of pyridine rings is 1. The van der Waals surface area contributed by atoms with Gasteiger partial charge in [-0.1, -0.05) is 11.6 Å². The molecule has 0 aliphatic rings. The second-order valence-corrected chi connectivity index (χ2v) is 2.80. The Balaban J connectivity index is 3.07. The van der Waals surface area contributed by atoms with E-state index in [0.717, 1.165) is 0 Å². The fourth-order valence-corrected chi connectivity index (χ4v) is 1.19. The number of halogens is 2. The largest absolute Gasteiger partial charge is 0.494 e. The van der Waals surface area contributed by atoms with E-state index >= 15 is 0 Å². The Morgan fingerprint density at radius 3 is 2.80 bits per heavy atom. The molecular weight excluding hydrogens is 217 g/mol. The summed E-state index contributed by atoms with van der Waals surface area (Å²) in [5, 5.41) is 0.372. The third kappa shape index (κ3) is 1.61. The minimum Gasteiger partial charge on any atom is -0.494 e. The normalized spacial score (nSPS) is 9.50. The van der Waals surface area contributed by atoms with Crippen molar-refractivity contribution in [3.05, 3.63) is 21.9 Å². The van der Waals surface area contributed by atoms with Crippen LogP contribution >= 0.6 is 27.5 Å². The van der Waals surface area contributed by atoms with Gasteiger partial charge in [0.05, 0.1) is 7.11 Å². The lowest BCUT2D eigenvalue weighted by atomic mass is 10.5. The number of rotatable bonds is 1. The zero-order valence-corrected chi connectivity index (χ0v) is 7.61. The van der Waals surface area contributed by atoms with E-state index in [2.05, 4.69) is 20.9 Å². The molecular formula is C6H5BrClNO. The number of nitrogens with zero attached hydrogens (tertiary/aromatic N) is 1. The van der Waals surface area contributed by atoms with Gasteiger partial charge in [-0.15, -0.1) is 0 Å². The predicted molar refractivity (Wildman–Crippen MR) is 43.5 cm³/mol. The zero-order valence-electron chi connectivity index (χ0n) is 5.27. The predicted octanol–water partition coefficient (Wildman–Crippen LogP) is 2.51. The van der Waals surface area contributed by atoms with Crippen molar-refractivity contribution in [3.63, 3.8) is 0 Å². The Morgan fingerprint density at radius 2 is 2.30 bits per heavy atom.